The van der Waals surface area contributed by atoms with Gasteiger partial charge in [0.05, 0.1) is 6.61 Å². The summed E-state index contributed by atoms with van der Waals surface area (Å²) in [5, 5.41) is 3.84. The summed E-state index contributed by atoms with van der Waals surface area (Å²) in [6, 6.07) is 12.6. The van der Waals surface area contributed by atoms with Crippen molar-refractivity contribution in [3.8, 4) is 5.75 Å². The fourth-order valence-electron chi connectivity index (χ4n) is 2.04. The molecule has 0 atom stereocenters. The Morgan fingerprint density at radius 3 is 2.50 bits per heavy atom. The van der Waals surface area contributed by atoms with Crippen LogP contribution < -0.4 is 10.3 Å². The van der Waals surface area contributed by atoms with E-state index in [4.69, 9.17) is 10.3 Å². The number of rotatable bonds is 7. The SMILES string of the molecule is CCCCOc1cc(Sc2ccc(C)cc2)c(C)cc1N=[NH2+]. The number of benzene rings is 2. The molecule has 22 heavy (non-hydrogen) atoms. The van der Waals surface area contributed by atoms with E-state index < -0.39 is 0 Å². The van der Waals surface area contributed by atoms with Crippen LogP contribution in [-0.4, -0.2) is 6.61 Å². The number of nitrogens with two attached hydrogens (primary N) is 1. The lowest BCUT2D eigenvalue weighted by molar-refractivity contribution is -0.210. The van der Waals surface area contributed by atoms with Crippen molar-refractivity contribution in [2.24, 2.45) is 5.11 Å². The van der Waals surface area contributed by atoms with Gasteiger partial charge in [0, 0.05) is 9.79 Å². The van der Waals surface area contributed by atoms with Crippen molar-refractivity contribution in [1.29, 1.82) is 0 Å². The van der Waals surface area contributed by atoms with Crippen molar-refractivity contribution in [3.05, 3.63) is 47.5 Å². The molecule has 0 aliphatic carbocycles. The monoisotopic (exact) mass is 315 g/mol. The van der Waals surface area contributed by atoms with Crippen LogP contribution in [0.3, 0.4) is 0 Å². The van der Waals surface area contributed by atoms with Gasteiger partial charge in [-0.2, -0.15) is 5.53 Å². The summed E-state index contributed by atoms with van der Waals surface area (Å²) < 4.78 is 5.83. The summed E-state index contributed by atoms with van der Waals surface area (Å²) in [6.45, 7) is 7.00. The van der Waals surface area contributed by atoms with Gasteiger partial charge in [-0.1, -0.05) is 42.8 Å². The van der Waals surface area contributed by atoms with E-state index in [-0.39, 0.29) is 0 Å². The highest BCUT2D eigenvalue weighted by Gasteiger charge is 2.11. The summed E-state index contributed by atoms with van der Waals surface area (Å²) in [5.41, 5.74) is 8.61. The number of nitrogens with zero attached hydrogens (tertiary/aromatic N) is 1. The Bertz CT molecular complexity index is 638. The zero-order chi connectivity index (χ0) is 15.9. The highest BCUT2D eigenvalue weighted by atomic mass is 32.2. The van der Waals surface area contributed by atoms with E-state index in [0.29, 0.717) is 12.3 Å². The molecule has 2 aromatic carbocycles. The third-order valence-corrected chi connectivity index (χ3v) is 4.57. The minimum atomic E-state index is 0.691. The molecule has 2 rings (SSSR count). The molecule has 0 amide bonds. The van der Waals surface area contributed by atoms with Crippen LogP contribution in [0.25, 0.3) is 0 Å². The molecule has 0 aliphatic heterocycles. The van der Waals surface area contributed by atoms with E-state index in [1.54, 1.807) is 11.8 Å². The van der Waals surface area contributed by atoms with Gasteiger partial charge in [0.15, 0.2) is 11.4 Å². The minimum absolute atomic E-state index is 0.691. The Kier molecular flexibility index (Phi) is 6.01. The summed E-state index contributed by atoms with van der Waals surface area (Å²) in [7, 11) is 0. The fraction of sp³-hybridized carbons (Fsp3) is 0.333. The largest absolute Gasteiger partial charge is 0.491 e. The van der Waals surface area contributed by atoms with Crippen LogP contribution >= 0.6 is 11.8 Å². The summed E-state index contributed by atoms with van der Waals surface area (Å²) >= 11 is 1.73. The van der Waals surface area contributed by atoms with Gasteiger partial charge in [-0.25, -0.2) is 0 Å². The quantitative estimate of drug-likeness (QED) is 0.605. The molecular formula is C18H23N2OS+. The van der Waals surface area contributed by atoms with Gasteiger partial charge in [-0.05, 0) is 55.2 Å². The lowest BCUT2D eigenvalue weighted by Gasteiger charge is -2.11. The van der Waals surface area contributed by atoms with E-state index in [2.05, 4.69) is 50.2 Å². The van der Waals surface area contributed by atoms with Gasteiger partial charge in [-0.3, -0.25) is 0 Å². The first-order valence-corrected chi connectivity index (χ1v) is 8.38. The van der Waals surface area contributed by atoms with Crippen LogP contribution in [0.1, 0.15) is 30.9 Å². The molecule has 3 nitrogen and oxygen atoms in total. The summed E-state index contributed by atoms with van der Waals surface area (Å²) in [5.74, 6) is 0.760. The molecule has 4 heteroatoms. The number of hydrogen-bond donors (Lipinski definition) is 1. The average molecular weight is 315 g/mol. The maximum absolute atomic E-state index is 5.83. The average Bonchev–Trinajstić information content (AvgIpc) is 2.52. The van der Waals surface area contributed by atoms with Crippen molar-refractivity contribution < 1.29 is 10.3 Å². The Balaban J connectivity index is 2.24. The van der Waals surface area contributed by atoms with Gasteiger partial charge in [-0.15, -0.1) is 0 Å². The van der Waals surface area contributed by atoms with Gasteiger partial charge in [0.25, 0.3) is 0 Å². The van der Waals surface area contributed by atoms with E-state index >= 15 is 0 Å². The molecule has 0 unspecified atom stereocenters. The van der Waals surface area contributed by atoms with E-state index in [1.807, 2.05) is 12.1 Å². The molecule has 116 valence electrons. The minimum Gasteiger partial charge on any atom is -0.491 e. The second-order valence-corrected chi connectivity index (χ2v) is 6.45. The summed E-state index contributed by atoms with van der Waals surface area (Å²) in [6.07, 6.45) is 2.13. The molecule has 0 aromatic heterocycles. The lowest BCUT2D eigenvalue weighted by Crippen LogP contribution is -2.22. The van der Waals surface area contributed by atoms with Crippen LogP contribution in [0.4, 0.5) is 5.69 Å². The zero-order valence-electron chi connectivity index (χ0n) is 13.4. The van der Waals surface area contributed by atoms with Crippen LogP contribution in [0, 0.1) is 13.8 Å². The first kappa shape index (κ1) is 16.6. The highest BCUT2D eigenvalue weighted by Crippen LogP contribution is 2.38. The number of aryl methyl sites for hydroxylation is 2. The topological polar surface area (TPSA) is 47.2 Å². The van der Waals surface area contributed by atoms with Crippen molar-refractivity contribution in [2.45, 2.75) is 43.4 Å². The second-order valence-electron chi connectivity index (χ2n) is 5.33. The van der Waals surface area contributed by atoms with Crippen molar-refractivity contribution >= 4 is 17.4 Å². The number of hydrogen-bond acceptors (Lipinski definition) is 3. The lowest BCUT2D eigenvalue weighted by atomic mass is 10.2. The first-order valence-electron chi connectivity index (χ1n) is 7.57. The molecule has 0 bridgehead atoms. The maximum Gasteiger partial charge on any atom is 0.172 e. The third kappa shape index (κ3) is 4.34. The van der Waals surface area contributed by atoms with E-state index in [1.165, 1.54) is 15.4 Å². The fourth-order valence-corrected chi connectivity index (χ4v) is 2.95. The first-order chi connectivity index (χ1) is 10.6. The smallest absolute Gasteiger partial charge is 0.172 e. The van der Waals surface area contributed by atoms with Crippen molar-refractivity contribution in [3.63, 3.8) is 0 Å². The Labute approximate surface area is 136 Å². The molecule has 2 aromatic rings. The molecule has 0 saturated heterocycles. The molecule has 0 radical (unpaired) electrons. The molecule has 0 fully saturated rings. The van der Waals surface area contributed by atoms with Crippen LogP contribution in [0.2, 0.25) is 0 Å². The van der Waals surface area contributed by atoms with Gasteiger partial charge in [0.2, 0.25) is 0 Å². The van der Waals surface area contributed by atoms with Crippen molar-refractivity contribution in [2.75, 3.05) is 6.61 Å². The van der Waals surface area contributed by atoms with Gasteiger partial charge < -0.3 is 4.74 Å². The van der Waals surface area contributed by atoms with Crippen LogP contribution in [0.5, 0.6) is 5.75 Å². The maximum atomic E-state index is 5.83. The molecular weight excluding hydrogens is 292 g/mol. The van der Waals surface area contributed by atoms with Gasteiger partial charge in [0.1, 0.15) is 0 Å². The molecule has 0 heterocycles. The molecule has 0 aliphatic rings. The Morgan fingerprint density at radius 2 is 1.86 bits per heavy atom. The van der Waals surface area contributed by atoms with Gasteiger partial charge >= 0.3 is 0 Å². The summed E-state index contributed by atoms with van der Waals surface area (Å²) in [4.78, 5) is 2.38. The van der Waals surface area contributed by atoms with E-state index in [9.17, 15) is 0 Å². The highest BCUT2D eigenvalue weighted by molar-refractivity contribution is 7.99. The third-order valence-electron chi connectivity index (χ3n) is 3.40. The zero-order valence-corrected chi connectivity index (χ0v) is 14.2. The second kappa shape index (κ2) is 7.99. The Morgan fingerprint density at radius 1 is 1.14 bits per heavy atom. The standard InChI is InChI=1S/C18H22N2OS/c1-4-5-10-21-17-12-18(14(3)11-16(17)20-19)22-15-8-6-13(2)7-9-15/h6-9,11-12,19H,4-5,10H2,1-3H3/p+1. The predicted octanol–water partition coefficient (Wildman–Crippen LogP) is 4.48. The van der Waals surface area contributed by atoms with E-state index in [0.717, 1.165) is 24.2 Å². The predicted molar refractivity (Wildman–Crippen MR) is 90.9 cm³/mol. The van der Waals surface area contributed by atoms with Crippen LogP contribution in [0.15, 0.2) is 51.3 Å². The molecule has 2 N–H and O–H groups in total. The molecule has 0 saturated carbocycles. The van der Waals surface area contributed by atoms with Crippen molar-refractivity contribution in [1.82, 2.24) is 0 Å². The number of unbranched alkanes of at least 4 members (excludes halogenated alkanes) is 1. The Hall–Kier alpha value is -1.81. The van der Waals surface area contributed by atoms with Crippen LogP contribution in [-0.2, 0) is 0 Å². The normalized spacial score (nSPS) is 10.5. The molecule has 0 spiro atoms. The number of ether oxygens (including phenoxy) is 1.